The molecule has 3 rings (SSSR count). The van der Waals surface area contributed by atoms with Crippen LogP contribution in [0.25, 0.3) is 0 Å². The highest BCUT2D eigenvalue weighted by Gasteiger charge is 2.62. The van der Waals surface area contributed by atoms with Crippen molar-refractivity contribution < 1.29 is 4.79 Å². The van der Waals surface area contributed by atoms with Crippen molar-refractivity contribution in [3.05, 3.63) is 0 Å². The number of carbonyl (C=O) groups is 1. The molecule has 3 aliphatic carbocycles. The lowest BCUT2D eigenvalue weighted by atomic mass is 9.47. The highest BCUT2D eigenvalue weighted by Crippen LogP contribution is 2.68. The monoisotopic (exact) mass is 220 g/mol. The van der Waals surface area contributed by atoms with Crippen LogP contribution in [0, 0.1) is 28.1 Å². The van der Waals surface area contributed by atoms with Crippen molar-refractivity contribution in [2.24, 2.45) is 28.1 Å². The number of hydrogen-bond acceptors (Lipinski definition) is 1. The Hall–Kier alpha value is -0.330. The first-order chi connectivity index (χ1) is 7.27. The van der Waals surface area contributed by atoms with E-state index in [1.165, 1.54) is 12.8 Å². The van der Waals surface area contributed by atoms with Gasteiger partial charge in [-0.2, -0.15) is 0 Å². The Bertz CT molecular complexity index is 356. The van der Waals surface area contributed by atoms with E-state index in [2.05, 4.69) is 27.7 Å². The van der Waals surface area contributed by atoms with E-state index < -0.39 is 0 Å². The molecule has 0 aromatic rings. The van der Waals surface area contributed by atoms with E-state index in [-0.39, 0.29) is 5.41 Å². The summed E-state index contributed by atoms with van der Waals surface area (Å²) in [5.74, 6) is 2.27. The molecule has 0 N–H and O–H groups in total. The van der Waals surface area contributed by atoms with Crippen molar-refractivity contribution in [3.8, 4) is 0 Å². The fourth-order valence-corrected chi connectivity index (χ4v) is 5.17. The zero-order valence-corrected chi connectivity index (χ0v) is 11.1. The Kier molecular flexibility index (Phi) is 1.85. The summed E-state index contributed by atoms with van der Waals surface area (Å²) < 4.78 is 0. The minimum absolute atomic E-state index is 0.0299. The Morgan fingerprint density at radius 2 is 1.81 bits per heavy atom. The van der Waals surface area contributed by atoms with Crippen LogP contribution in [0.15, 0.2) is 0 Å². The van der Waals surface area contributed by atoms with E-state index in [1.807, 2.05) is 0 Å². The molecule has 2 bridgehead atoms. The standard InChI is InChI=1S/C15H24O/c1-13(2)7-11-10(13)5-6-14(3)9-15(11,4)8-12(14)16/h10-11H,5-9H2,1-4H3/t10-,11+,14+,15+/m1/s1. The van der Waals surface area contributed by atoms with Gasteiger partial charge >= 0.3 is 0 Å². The SMILES string of the molecule is CC1(C)C[C@H]2[C@H]1CC[C@@]1(C)C[C@]2(C)CC1=O. The van der Waals surface area contributed by atoms with Gasteiger partial charge in [-0.1, -0.05) is 27.7 Å². The van der Waals surface area contributed by atoms with Crippen LogP contribution in [0.4, 0.5) is 0 Å². The van der Waals surface area contributed by atoms with Gasteiger partial charge < -0.3 is 0 Å². The minimum Gasteiger partial charge on any atom is -0.299 e. The molecular weight excluding hydrogens is 196 g/mol. The van der Waals surface area contributed by atoms with Gasteiger partial charge in [-0.25, -0.2) is 0 Å². The Morgan fingerprint density at radius 1 is 1.12 bits per heavy atom. The van der Waals surface area contributed by atoms with E-state index in [4.69, 9.17) is 0 Å². The molecule has 90 valence electrons. The summed E-state index contributed by atoms with van der Waals surface area (Å²) in [4.78, 5) is 12.2. The van der Waals surface area contributed by atoms with Gasteiger partial charge in [0.2, 0.25) is 0 Å². The molecule has 0 radical (unpaired) electrons. The number of carbonyl (C=O) groups excluding carboxylic acids is 1. The fourth-order valence-electron chi connectivity index (χ4n) is 5.17. The second-order valence-corrected chi connectivity index (χ2v) is 7.94. The molecule has 0 aromatic carbocycles. The average molecular weight is 220 g/mol. The topological polar surface area (TPSA) is 17.1 Å². The minimum atomic E-state index is 0.0299. The summed E-state index contributed by atoms with van der Waals surface area (Å²) in [5.41, 5.74) is 0.905. The number of rotatable bonds is 0. The van der Waals surface area contributed by atoms with Gasteiger partial charge in [-0.15, -0.1) is 0 Å². The summed E-state index contributed by atoms with van der Waals surface area (Å²) in [6.45, 7) is 9.44. The third-order valence-corrected chi connectivity index (χ3v) is 6.17. The molecular formula is C15H24O. The summed E-state index contributed by atoms with van der Waals surface area (Å²) in [6, 6.07) is 0. The average Bonchev–Trinajstić information content (AvgIpc) is 2.29. The third-order valence-electron chi connectivity index (χ3n) is 6.17. The maximum Gasteiger partial charge on any atom is 0.139 e. The number of Topliss-reactive ketones (excluding diaryl/α,β-unsaturated/α-hetero) is 1. The van der Waals surface area contributed by atoms with E-state index in [1.54, 1.807) is 0 Å². The molecule has 4 atom stereocenters. The summed E-state index contributed by atoms with van der Waals surface area (Å²) in [6.07, 6.45) is 5.80. The number of fused-ring (bicyclic) bond motifs is 4. The van der Waals surface area contributed by atoms with Crippen LogP contribution in [-0.2, 0) is 4.79 Å². The van der Waals surface area contributed by atoms with Crippen molar-refractivity contribution in [1.82, 2.24) is 0 Å². The normalized spacial score (nSPS) is 54.1. The van der Waals surface area contributed by atoms with Crippen LogP contribution in [0.5, 0.6) is 0 Å². The van der Waals surface area contributed by atoms with Gasteiger partial charge in [-0.3, -0.25) is 4.79 Å². The van der Waals surface area contributed by atoms with Crippen molar-refractivity contribution >= 4 is 5.78 Å². The predicted octanol–water partition coefficient (Wildman–Crippen LogP) is 3.82. The van der Waals surface area contributed by atoms with E-state index in [9.17, 15) is 4.79 Å². The molecule has 0 heterocycles. The first-order valence-corrected chi connectivity index (χ1v) is 6.80. The first-order valence-electron chi connectivity index (χ1n) is 6.80. The largest absolute Gasteiger partial charge is 0.299 e. The second kappa shape index (κ2) is 2.73. The van der Waals surface area contributed by atoms with Crippen LogP contribution >= 0.6 is 0 Å². The lowest BCUT2D eigenvalue weighted by Crippen LogP contribution is -2.50. The van der Waals surface area contributed by atoms with Crippen molar-refractivity contribution in [2.45, 2.75) is 59.8 Å². The van der Waals surface area contributed by atoms with Crippen LogP contribution in [0.2, 0.25) is 0 Å². The lowest BCUT2D eigenvalue weighted by molar-refractivity contribution is -0.129. The Balaban J connectivity index is 1.96. The first kappa shape index (κ1) is 10.8. The molecule has 1 heteroatoms. The van der Waals surface area contributed by atoms with Gasteiger partial charge in [0.05, 0.1) is 0 Å². The fraction of sp³-hybridized carbons (Fsp3) is 0.933. The van der Waals surface area contributed by atoms with Gasteiger partial charge in [0.15, 0.2) is 0 Å². The highest BCUT2D eigenvalue weighted by atomic mass is 16.1. The van der Waals surface area contributed by atoms with Crippen LogP contribution in [0.1, 0.15) is 59.8 Å². The molecule has 0 spiro atoms. The molecule has 0 aromatic heterocycles. The third kappa shape index (κ3) is 1.15. The molecule has 3 saturated carbocycles. The molecule has 3 aliphatic rings. The van der Waals surface area contributed by atoms with Crippen molar-refractivity contribution in [3.63, 3.8) is 0 Å². The molecule has 0 unspecified atom stereocenters. The lowest BCUT2D eigenvalue weighted by Gasteiger charge is -2.57. The van der Waals surface area contributed by atoms with Gasteiger partial charge in [0.1, 0.15) is 5.78 Å². The van der Waals surface area contributed by atoms with Gasteiger partial charge in [0, 0.05) is 11.8 Å². The molecule has 16 heavy (non-hydrogen) atoms. The summed E-state index contributed by atoms with van der Waals surface area (Å²) in [5, 5.41) is 0. The maximum atomic E-state index is 12.2. The Labute approximate surface area is 99.0 Å². The summed E-state index contributed by atoms with van der Waals surface area (Å²) >= 11 is 0. The molecule has 1 nitrogen and oxygen atoms in total. The smallest absolute Gasteiger partial charge is 0.139 e. The molecule has 0 aliphatic heterocycles. The van der Waals surface area contributed by atoms with Crippen LogP contribution in [0.3, 0.4) is 0 Å². The summed E-state index contributed by atoms with van der Waals surface area (Å²) in [7, 11) is 0. The van der Waals surface area contributed by atoms with Crippen molar-refractivity contribution in [1.29, 1.82) is 0 Å². The van der Waals surface area contributed by atoms with Gasteiger partial charge in [-0.05, 0) is 48.3 Å². The molecule has 0 amide bonds. The Morgan fingerprint density at radius 3 is 2.44 bits per heavy atom. The predicted molar refractivity (Wildman–Crippen MR) is 65.1 cm³/mol. The number of ketones is 1. The molecule has 0 saturated heterocycles. The zero-order valence-electron chi connectivity index (χ0n) is 11.1. The van der Waals surface area contributed by atoms with Crippen LogP contribution < -0.4 is 0 Å². The van der Waals surface area contributed by atoms with E-state index in [0.29, 0.717) is 16.6 Å². The second-order valence-electron chi connectivity index (χ2n) is 7.94. The highest BCUT2D eigenvalue weighted by molar-refractivity contribution is 5.87. The van der Waals surface area contributed by atoms with E-state index in [0.717, 1.165) is 31.1 Å². The maximum absolute atomic E-state index is 12.2. The van der Waals surface area contributed by atoms with Crippen LogP contribution in [-0.4, -0.2) is 5.78 Å². The van der Waals surface area contributed by atoms with Gasteiger partial charge in [0.25, 0.3) is 0 Å². The van der Waals surface area contributed by atoms with E-state index >= 15 is 0 Å². The zero-order chi connectivity index (χ0) is 11.8. The number of hydrogen-bond donors (Lipinski definition) is 0. The van der Waals surface area contributed by atoms with Crippen molar-refractivity contribution in [2.75, 3.05) is 0 Å². The quantitative estimate of drug-likeness (QED) is 0.606. The molecule has 3 fully saturated rings.